The third-order valence-electron chi connectivity index (χ3n) is 5.85. The quantitative estimate of drug-likeness (QED) is 0.804. The Morgan fingerprint density at radius 2 is 2.05 bits per heavy atom. The molecule has 1 heterocycles. The van der Waals surface area contributed by atoms with Gasteiger partial charge in [-0.1, -0.05) is 26.8 Å². The maximum absolute atomic E-state index is 12.3. The molecule has 3 atom stereocenters. The summed E-state index contributed by atoms with van der Waals surface area (Å²) in [5, 5.41) is 0.00387. The van der Waals surface area contributed by atoms with Crippen molar-refractivity contribution in [3.8, 4) is 0 Å². The average molecular weight is 295 g/mol. The van der Waals surface area contributed by atoms with Crippen molar-refractivity contribution in [3.63, 3.8) is 0 Å². The highest BCUT2D eigenvalue weighted by atomic mass is 32.2. The third-order valence-corrected chi connectivity index (χ3v) is 7.09. The Labute approximate surface area is 120 Å². The summed E-state index contributed by atoms with van der Waals surface area (Å²) < 4.78 is 30.2. The van der Waals surface area contributed by atoms with E-state index in [0.717, 1.165) is 12.8 Å². The van der Waals surface area contributed by atoms with Gasteiger partial charge in [-0.3, -0.25) is 4.18 Å². The fourth-order valence-electron chi connectivity index (χ4n) is 3.97. The Hall–Kier alpha value is -0.940. The summed E-state index contributed by atoms with van der Waals surface area (Å²) in [5.41, 5.74) is 0.0663. The topological polar surface area (TPSA) is 56.3 Å². The zero-order chi connectivity index (χ0) is 14.6. The minimum Gasteiger partial charge on any atom is -0.261 e. The molecule has 2 fully saturated rings. The molecule has 0 saturated heterocycles. The van der Waals surface area contributed by atoms with Crippen LogP contribution in [0.15, 0.2) is 29.4 Å². The second-order valence-corrected chi connectivity index (χ2v) is 8.34. The minimum absolute atomic E-state index is 0.00387. The molecule has 0 radical (unpaired) electrons. The van der Waals surface area contributed by atoms with Crippen molar-refractivity contribution in [1.29, 1.82) is 0 Å². The van der Waals surface area contributed by atoms with Crippen LogP contribution in [0.1, 0.15) is 40.0 Å². The van der Waals surface area contributed by atoms with Gasteiger partial charge < -0.3 is 0 Å². The molecule has 1 aromatic heterocycles. The Morgan fingerprint density at radius 3 is 2.55 bits per heavy atom. The third kappa shape index (κ3) is 1.83. The van der Waals surface area contributed by atoms with Gasteiger partial charge in [0.05, 0.1) is 6.10 Å². The lowest BCUT2D eigenvalue weighted by Gasteiger charge is -2.38. The molecule has 3 unspecified atom stereocenters. The summed E-state index contributed by atoms with van der Waals surface area (Å²) in [7, 11) is -3.77. The van der Waals surface area contributed by atoms with Crippen LogP contribution in [0.3, 0.4) is 0 Å². The lowest BCUT2D eigenvalue weighted by molar-refractivity contribution is 0.0343. The fraction of sp³-hybridized carbons (Fsp3) is 0.667. The highest BCUT2D eigenvalue weighted by Crippen LogP contribution is 2.66. The van der Waals surface area contributed by atoms with E-state index in [9.17, 15) is 8.42 Å². The summed E-state index contributed by atoms with van der Waals surface area (Å²) in [6, 6.07) is 4.84. The molecule has 2 aliphatic rings. The highest BCUT2D eigenvalue weighted by Gasteiger charge is 2.62. The standard InChI is InChI=1S/C15H21NO3S/c1-14(2)11-7-8-15(14,3)12(10-11)19-20(17,18)13-6-4-5-9-16-13/h4-6,9,11-12H,7-8,10H2,1-3H3. The summed E-state index contributed by atoms with van der Waals surface area (Å²) in [5.74, 6) is 0.552. The van der Waals surface area contributed by atoms with E-state index in [1.165, 1.54) is 18.7 Å². The second-order valence-electron chi connectivity index (χ2n) is 6.82. The molecule has 2 aliphatic carbocycles. The van der Waals surface area contributed by atoms with E-state index in [0.29, 0.717) is 5.92 Å². The number of pyridine rings is 1. The van der Waals surface area contributed by atoms with Crippen molar-refractivity contribution < 1.29 is 12.6 Å². The molecule has 20 heavy (non-hydrogen) atoms. The van der Waals surface area contributed by atoms with Gasteiger partial charge in [-0.05, 0) is 42.7 Å². The van der Waals surface area contributed by atoms with Gasteiger partial charge in [0.15, 0.2) is 5.03 Å². The van der Waals surface area contributed by atoms with E-state index in [4.69, 9.17) is 4.18 Å². The van der Waals surface area contributed by atoms with Gasteiger partial charge in [-0.25, -0.2) is 4.98 Å². The molecule has 1 aromatic rings. The Balaban J connectivity index is 1.87. The lowest BCUT2D eigenvalue weighted by Crippen LogP contribution is -2.38. The number of fused-ring (bicyclic) bond motifs is 2. The van der Waals surface area contributed by atoms with Crippen LogP contribution in [-0.2, 0) is 14.3 Å². The smallest absolute Gasteiger partial charge is 0.261 e. The lowest BCUT2D eigenvalue weighted by atomic mass is 9.70. The van der Waals surface area contributed by atoms with E-state index in [2.05, 4.69) is 25.8 Å². The molecule has 2 saturated carbocycles. The first-order valence-electron chi connectivity index (χ1n) is 7.12. The van der Waals surface area contributed by atoms with Gasteiger partial charge in [-0.2, -0.15) is 8.42 Å². The van der Waals surface area contributed by atoms with Gasteiger partial charge in [-0.15, -0.1) is 0 Å². The van der Waals surface area contributed by atoms with Gasteiger partial charge in [0.2, 0.25) is 0 Å². The van der Waals surface area contributed by atoms with Gasteiger partial charge >= 0.3 is 10.1 Å². The number of hydrogen-bond donors (Lipinski definition) is 0. The molecule has 3 rings (SSSR count). The Morgan fingerprint density at radius 1 is 1.30 bits per heavy atom. The maximum Gasteiger partial charge on any atom is 0.314 e. The first-order chi connectivity index (χ1) is 9.27. The van der Waals surface area contributed by atoms with E-state index in [-0.39, 0.29) is 22.0 Å². The SMILES string of the molecule is CC1(C)C2CCC1(C)C(OS(=O)(=O)c1ccccn1)C2. The molecule has 0 amide bonds. The van der Waals surface area contributed by atoms with Crippen molar-refractivity contribution in [2.24, 2.45) is 16.7 Å². The second kappa shape index (κ2) is 4.28. The number of rotatable bonds is 3. The van der Waals surface area contributed by atoms with Crippen LogP contribution < -0.4 is 0 Å². The maximum atomic E-state index is 12.3. The van der Waals surface area contributed by atoms with Crippen LogP contribution in [0.25, 0.3) is 0 Å². The average Bonchev–Trinajstić information content (AvgIpc) is 2.72. The molecular weight excluding hydrogens is 274 g/mol. The summed E-state index contributed by atoms with van der Waals surface area (Å²) in [4.78, 5) is 3.90. The van der Waals surface area contributed by atoms with Crippen LogP contribution in [0, 0.1) is 16.7 Å². The monoisotopic (exact) mass is 295 g/mol. The molecule has 4 nitrogen and oxygen atoms in total. The van der Waals surface area contributed by atoms with Gasteiger partial charge in [0.25, 0.3) is 0 Å². The molecule has 0 N–H and O–H groups in total. The summed E-state index contributed by atoms with van der Waals surface area (Å²) in [6.07, 6.45) is 4.28. The van der Waals surface area contributed by atoms with Crippen molar-refractivity contribution in [3.05, 3.63) is 24.4 Å². The van der Waals surface area contributed by atoms with Crippen LogP contribution in [0.5, 0.6) is 0 Å². The minimum atomic E-state index is -3.77. The van der Waals surface area contributed by atoms with Crippen molar-refractivity contribution in [2.45, 2.75) is 51.2 Å². The normalized spacial score (nSPS) is 35.4. The zero-order valence-corrected chi connectivity index (χ0v) is 13.0. The van der Waals surface area contributed by atoms with Gasteiger partial charge in [0.1, 0.15) is 0 Å². The first-order valence-corrected chi connectivity index (χ1v) is 8.52. The van der Waals surface area contributed by atoms with E-state index >= 15 is 0 Å². The van der Waals surface area contributed by atoms with E-state index in [1.807, 2.05) is 0 Å². The largest absolute Gasteiger partial charge is 0.314 e. The molecule has 110 valence electrons. The van der Waals surface area contributed by atoms with Crippen molar-refractivity contribution in [2.75, 3.05) is 0 Å². The molecule has 0 aliphatic heterocycles. The predicted octanol–water partition coefficient (Wildman–Crippen LogP) is 3.00. The number of aromatic nitrogens is 1. The predicted molar refractivity (Wildman–Crippen MR) is 75.5 cm³/mol. The van der Waals surface area contributed by atoms with Crippen LogP contribution in [0.4, 0.5) is 0 Å². The fourth-order valence-corrected chi connectivity index (χ4v) is 5.10. The number of hydrogen-bond acceptors (Lipinski definition) is 4. The Bertz CT molecular complexity index is 611. The van der Waals surface area contributed by atoms with Crippen LogP contribution in [-0.4, -0.2) is 19.5 Å². The van der Waals surface area contributed by atoms with Gasteiger partial charge in [0, 0.05) is 11.6 Å². The van der Waals surface area contributed by atoms with Crippen LogP contribution >= 0.6 is 0 Å². The van der Waals surface area contributed by atoms with E-state index in [1.54, 1.807) is 12.1 Å². The highest BCUT2D eigenvalue weighted by molar-refractivity contribution is 7.86. The summed E-state index contributed by atoms with van der Waals surface area (Å²) >= 11 is 0. The molecular formula is C15H21NO3S. The number of nitrogens with zero attached hydrogens (tertiary/aromatic N) is 1. The van der Waals surface area contributed by atoms with Crippen molar-refractivity contribution >= 4 is 10.1 Å². The van der Waals surface area contributed by atoms with Crippen LogP contribution in [0.2, 0.25) is 0 Å². The molecule has 0 aromatic carbocycles. The summed E-state index contributed by atoms with van der Waals surface area (Å²) in [6.45, 7) is 6.64. The van der Waals surface area contributed by atoms with Crippen molar-refractivity contribution in [1.82, 2.24) is 4.98 Å². The Kier molecular flexibility index (Phi) is 3.00. The first kappa shape index (κ1) is 14.0. The molecule has 0 spiro atoms. The molecule has 5 heteroatoms. The van der Waals surface area contributed by atoms with E-state index < -0.39 is 10.1 Å². The molecule has 2 bridgehead atoms. The zero-order valence-electron chi connectivity index (χ0n) is 12.2.